The number of aromatic nitrogens is 1. The molecule has 1 heterocycles. The van der Waals surface area contributed by atoms with Gasteiger partial charge < -0.3 is 14.6 Å². The summed E-state index contributed by atoms with van der Waals surface area (Å²) in [4.78, 5) is 11.4. The van der Waals surface area contributed by atoms with Gasteiger partial charge >= 0.3 is 0 Å². The summed E-state index contributed by atoms with van der Waals surface area (Å²) in [6.45, 7) is 7.30. The van der Waals surface area contributed by atoms with Crippen LogP contribution in [0, 0.1) is 5.41 Å². The van der Waals surface area contributed by atoms with Crippen molar-refractivity contribution in [3.05, 3.63) is 28.7 Å². The van der Waals surface area contributed by atoms with Crippen LogP contribution in [0.15, 0.2) is 23.1 Å². The summed E-state index contributed by atoms with van der Waals surface area (Å²) in [7, 11) is 1.77. The van der Waals surface area contributed by atoms with E-state index in [1.807, 2.05) is 19.2 Å². The lowest BCUT2D eigenvalue weighted by molar-refractivity contribution is -0.109. The predicted molar refractivity (Wildman–Crippen MR) is 77.5 cm³/mol. The normalized spacial score (nSPS) is 29.9. The first-order valence-corrected chi connectivity index (χ1v) is 7.06. The monoisotopic (exact) mass is 264 g/mol. The van der Waals surface area contributed by atoms with Gasteiger partial charge in [0.2, 0.25) is 5.56 Å². The Bertz CT molecular complexity index is 497. The SMILES string of the molecule is CCOC1CC(Nc2ccc(=O)n(C)c2)C1(C)CC. The smallest absolute Gasteiger partial charge is 0.250 e. The van der Waals surface area contributed by atoms with Gasteiger partial charge in [0, 0.05) is 37.4 Å². The third-order valence-electron chi connectivity index (χ3n) is 4.54. The second-order valence-corrected chi connectivity index (χ2v) is 5.60. The van der Waals surface area contributed by atoms with Crippen molar-refractivity contribution >= 4 is 5.69 Å². The van der Waals surface area contributed by atoms with Gasteiger partial charge in [0.05, 0.1) is 11.8 Å². The highest BCUT2D eigenvalue weighted by Crippen LogP contribution is 2.47. The Kier molecular flexibility index (Phi) is 3.99. The molecule has 1 aromatic rings. The van der Waals surface area contributed by atoms with E-state index < -0.39 is 0 Å². The standard InChI is InChI=1S/C15H24N2O2/c1-5-15(3)12(9-13(15)19-6-2)16-11-7-8-14(18)17(4)10-11/h7-8,10,12-13,16H,5-6,9H2,1-4H3. The molecule has 106 valence electrons. The summed E-state index contributed by atoms with van der Waals surface area (Å²) in [5, 5.41) is 3.54. The van der Waals surface area contributed by atoms with E-state index in [0.717, 1.165) is 25.1 Å². The molecule has 0 radical (unpaired) electrons. The molecule has 4 nitrogen and oxygen atoms in total. The minimum atomic E-state index is 0.0182. The fraction of sp³-hybridized carbons (Fsp3) is 0.667. The number of anilines is 1. The maximum Gasteiger partial charge on any atom is 0.250 e. The topological polar surface area (TPSA) is 43.3 Å². The van der Waals surface area contributed by atoms with Gasteiger partial charge in [-0.05, 0) is 25.8 Å². The zero-order chi connectivity index (χ0) is 14.0. The predicted octanol–water partition coefficient (Wildman–Crippen LogP) is 2.39. The Balaban J connectivity index is 2.07. The van der Waals surface area contributed by atoms with Crippen LogP contribution in [-0.2, 0) is 11.8 Å². The molecule has 1 aliphatic rings. The summed E-state index contributed by atoms with van der Waals surface area (Å²) in [5.74, 6) is 0. The summed E-state index contributed by atoms with van der Waals surface area (Å²) in [6, 6.07) is 3.86. The number of pyridine rings is 1. The van der Waals surface area contributed by atoms with Crippen molar-refractivity contribution < 1.29 is 4.74 Å². The maximum atomic E-state index is 11.4. The third kappa shape index (κ3) is 2.54. The molecule has 0 aromatic carbocycles. The number of nitrogens with zero attached hydrogens (tertiary/aromatic N) is 1. The molecule has 1 aliphatic carbocycles. The number of ether oxygens (including phenoxy) is 1. The van der Waals surface area contributed by atoms with Crippen LogP contribution in [0.25, 0.3) is 0 Å². The Morgan fingerprint density at radius 1 is 1.47 bits per heavy atom. The molecule has 1 N–H and O–H groups in total. The second kappa shape index (κ2) is 5.37. The Hall–Kier alpha value is -1.29. The zero-order valence-electron chi connectivity index (χ0n) is 12.3. The van der Waals surface area contributed by atoms with E-state index in [2.05, 4.69) is 19.2 Å². The van der Waals surface area contributed by atoms with Crippen LogP contribution in [0.1, 0.15) is 33.6 Å². The van der Waals surface area contributed by atoms with Crippen LogP contribution in [0.4, 0.5) is 5.69 Å². The van der Waals surface area contributed by atoms with Gasteiger partial charge in [0.1, 0.15) is 0 Å². The van der Waals surface area contributed by atoms with Crippen LogP contribution < -0.4 is 10.9 Å². The largest absolute Gasteiger partial charge is 0.380 e. The van der Waals surface area contributed by atoms with Gasteiger partial charge in [-0.15, -0.1) is 0 Å². The molecular weight excluding hydrogens is 240 g/mol. The second-order valence-electron chi connectivity index (χ2n) is 5.60. The van der Waals surface area contributed by atoms with Crippen LogP contribution in [0.3, 0.4) is 0 Å². The highest BCUT2D eigenvalue weighted by atomic mass is 16.5. The van der Waals surface area contributed by atoms with Crippen molar-refractivity contribution in [2.75, 3.05) is 11.9 Å². The molecule has 0 aliphatic heterocycles. The Morgan fingerprint density at radius 3 is 2.79 bits per heavy atom. The lowest BCUT2D eigenvalue weighted by atomic mass is 9.61. The van der Waals surface area contributed by atoms with E-state index in [9.17, 15) is 4.79 Å². The molecule has 0 saturated heterocycles. The Morgan fingerprint density at radius 2 is 2.21 bits per heavy atom. The molecule has 1 saturated carbocycles. The minimum Gasteiger partial charge on any atom is -0.380 e. The number of rotatable bonds is 5. The first kappa shape index (κ1) is 14.1. The van der Waals surface area contributed by atoms with E-state index in [4.69, 9.17) is 4.74 Å². The molecule has 1 fully saturated rings. The van der Waals surface area contributed by atoms with Gasteiger partial charge in [-0.1, -0.05) is 13.8 Å². The van der Waals surface area contributed by atoms with Crippen LogP contribution >= 0.6 is 0 Å². The molecule has 2 rings (SSSR count). The molecule has 1 aromatic heterocycles. The van der Waals surface area contributed by atoms with Crippen LogP contribution in [0.5, 0.6) is 0 Å². The lowest BCUT2D eigenvalue weighted by Gasteiger charge is -2.53. The first-order valence-electron chi connectivity index (χ1n) is 7.06. The summed E-state index contributed by atoms with van der Waals surface area (Å²) < 4.78 is 7.40. The van der Waals surface area contributed by atoms with E-state index in [-0.39, 0.29) is 11.0 Å². The van der Waals surface area contributed by atoms with E-state index >= 15 is 0 Å². The molecule has 0 spiro atoms. The van der Waals surface area contributed by atoms with Gasteiger partial charge in [-0.2, -0.15) is 0 Å². The molecule has 0 amide bonds. The average molecular weight is 264 g/mol. The minimum absolute atomic E-state index is 0.0182. The van der Waals surface area contributed by atoms with Crippen molar-refractivity contribution in [1.29, 1.82) is 0 Å². The van der Waals surface area contributed by atoms with Crippen molar-refractivity contribution in [1.82, 2.24) is 4.57 Å². The summed E-state index contributed by atoms with van der Waals surface area (Å²) in [6.07, 6.45) is 4.31. The third-order valence-corrected chi connectivity index (χ3v) is 4.54. The van der Waals surface area contributed by atoms with Crippen molar-refractivity contribution in [2.45, 2.75) is 45.8 Å². The molecule has 4 heteroatoms. The Labute approximate surface area is 114 Å². The van der Waals surface area contributed by atoms with Crippen LogP contribution in [-0.4, -0.2) is 23.3 Å². The summed E-state index contributed by atoms with van der Waals surface area (Å²) >= 11 is 0. The van der Waals surface area contributed by atoms with Crippen molar-refractivity contribution in [2.24, 2.45) is 12.5 Å². The molecule has 3 atom stereocenters. The van der Waals surface area contributed by atoms with Crippen LogP contribution in [0.2, 0.25) is 0 Å². The van der Waals surface area contributed by atoms with Gasteiger partial charge in [-0.25, -0.2) is 0 Å². The maximum absolute atomic E-state index is 11.4. The fourth-order valence-corrected chi connectivity index (χ4v) is 2.85. The molecule has 3 unspecified atom stereocenters. The number of hydrogen-bond acceptors (Lipinski definition) is 3. The highest BCUT2D eigenvalue weighted by Gasteiger charge is 2.51. The molecular formula is C15H24N2O2. The number of aryl methyl sites for hydroxylation is 1. The number of nitrogens with one attached hydrogen (secondary N) is 1. The molecule has 0 bridgehead atoms. The summed E-state index contributed by atoms with van der Waals surface area (Å²) in [5.41, 5.74) is 1.19. The van der Waals surface area contributed by atoms with Gasteiger partial charge in [-0.3, -0.25) is 4.79 Å². The van der Waals surface area contributed by atoms with E-state index in [0.29, 0.717) is 12.1 Å². The van der Waals surface area contributed by atoms with E-state index in [1.54, 1.807) is 17.7 Å². The average Bonchev–Trinajstić information content (AvgIpc) is 2.40. The van der Waals surface area contributed by atoms with Crippen molar-refractivity contribution in [3.8, 4) is 0 Å². The van der Waals surface area contributed by atoms with Gasteiger partial charge in [0.15, 0.2) is 0 Å². The fourth-order valence-electron chi connectivity index (χ4n) is 2.85. The first-order chi connectivity index (χ1) is 9.01. The zero-order valence-corrected chi connectivity index (χ0v) is 12.3. The van der Waals surface area contributed by atoms with Crippen molar-refractivity contribution in [3.63, 3.8) is 0 Å². The number of hydrogen-bond donors (Lipinski definition) is 1. The molecule has 19 heavy (non-hydrogen) atoms. The lowest BCUT2D eigenvalue weighted by Crippen LogP contribution is -2.59. The van der Waals surface area contributed by atoms with E-state index in [1.165, 1.54) is 0 Å². The quantitative estimate of drug-likeness (QED) is 0.888. The van der Waals surface area contributed by atoms with Gasteiger partial charge in [0.25, 0.3) is 0 Å². The highest BCUT2D eigenvalue weighted by molar-refractivity contribution is 5.43.